The summed E-state index contributed by atoms with van der Waals surface area (Å²) in [5.41, 5.74) is 1.70. The van der Waals surface area contributed by atoms with Gasteiger partial charge < -0.3 is 4.74 Å². The topological polar surface area (TPSA) is 112 Å². The normalized spacial score (nSPS) is 17.3. The quantitative estimate of drug-likeness (QED) is 0.493. The molecule has 2 aromatic rings. The minimum Gasteiger partial charge on any atom is -0.489 e. The number of ether oxygens (including phenoxy) is 1. The van der Waals surface area contributed by atoms with Crippen molar-refractivity contribution in [3.8, 4) is 5.75 Å². The summed E-state index contributed by atoms with van der Waals surface area (Å²) in [6, 6.07) is 16.8. The number of amidine groups is 3. The van der Waals surface area contributed by atoms with E-state index in [1.54, 1.807) is 38.1 Å². The van der Waals surface area contributed by atoms with Gasteiger partial charge >= 0.3 is 0 Å². The minimum atomic E-state index is -3.73. The Morgan fingerprint density at radius 2 is 1.82 bits per heavy atom. The van der Waals surface area contributed by atoms with Crippen LogP contribution in [0.4, 0.5) is 0 Å². The van der Waals surface area contributed by atoms with Gasteiger partial charge in [-0.1, -0.05) is 56.3 Å². The predicted octanol–water partition coefficient (Wildman–Crippen LogP) is 3.91. The summed E-state index contributed by atoms with van der Waals surface area (Å²) in [6.07, 6.45) is 1.52. The highest BCUT2D eigenvalue weighted by molar-refractivity contribution is 8.16. The molecule has 0 fully saturated rings. The molecular weight excluding hydrogens is 460 g/mol. The van der Waals surface area contributed by atoms with Crippen molar-refractivity contribution in [3.05, 3.63) is 71.3 Å². The third-order valence-corrected chi connectivity index (χ3v) is 7.52. The number of benzene rings is 2. The summed E-state index contributed by atoms with van der Waals surface area (Å²) in [5.74, 6) is -0.425. The fourth-order valence-corrected chi connectivity index (χ4v) is 6.01. The van der Waals surface area contributed by atoms with Crippen LogP contribution in [0.1, 0.15) is 25.0 Å². The molecule has 2 heterocycles. The first-order valence-corrected chi connectivity index (χ1v) is 12.7. The van der Waals surface area contributed by atoms with Crippen molar-refractivity contribution in [2.75, 3.05) is 5.75 Å². The predicted molar refractivity (Wildman–Crippen MR) is 131 cm³/mol. The average Bonchev–Trinajstić information content (AvgIpc) is 3.21. The van der Waals surface area contributed by atoms with E-state index < -0.39 is 15.7 Å². The third-order valence-electron chi connectivity index (χ3n) is 4.76. The van der Waals surface area contributed by atoms with Crippen LogP contribution in [0.15, 0.2) is 69.6 Å². The van der Waals surface area contributed by atoms with Crippen LogP contribution in [0.5, 0.6) is 5.75 Å². The number of carbonyl (C=O) groups is 1. The first-order valence-electron chi connectivity index (χ1n) is 10.2. The van der Waals surface area contributed by atoms with Gasteiger partial charge in [0.1, 0.15) is 18.2 Å². The fourth-order valence-electron chi connectivity index (χ4n) is 3.28. The van der Waals surface area contributed by atoms with Crippen molar-refractivity contribution in [3.63, 3.8) is 0 Å². The van der Waals surface area contributed by atoms with Gasteiger partial charge in [0.15, 0.2) is 0 Å². The van der Waals surface area contributed by atoms with E-state index in [1.807, 2.05) is 30.3 Å². The lowest BCUT2D eigenvalue weighted by Gasteiger charge is -2.24. The highest BCUT2D eigenvalue weighted by atomic mass is 32.2. The van der Waals surface area contributed by atoms with Crippen LogP contribution in [0.3, 0.4) is 0 Å². The second-order valence-corrected chi connectivity index (χ2v) is 10.6. The number of carbonyl (C=O) groups excluding carboxylic acids is 1. The van der Waals surface area contributed by atoms with Crippen LogP contribution >= 0.6 is 11.9 Å². The van der Waals surface area contributed by atoms with Gasteiger partial charge in [-0.2, -0.15) is 9.39 Å². The van der Waals surface area contributed by atoms with Crippen LogP contribution in [0.25, 0.3) is 6.08 Å². The van der Waals surface area contributed by atoms with Crippen LogP contribution in [-0.2, 0) is 21.2 Å². The number of hydrogen-bond donors (Lipinski definition) is 1. The van der Waals surface area contributed by atoms with Crippen LogP contribution in [-0.4, -0.2) is 41.1 Å². The summed E-state index contributed by atoms with van der Waals surface area (Å²) in [5, 5.41) is 8.34. The van der Waals surface area contributed by atoms with Crippen LogP contribution < -0.4 is 4.74 Å². The van der Waals surface area contributed by atoms with Crippen molar-refractivity contribution in [2.45, 2.75) is 20.5 Å². The smallest absolute Gasteiger partial charge is 0.283 e. The van der Waals surface area contributed by atoms with E-state index in [0.29, 0.717) is 17.9 Å². The number of hydrogen-bond acceptors (Lipinski definition) is 7. The molecule has 0 unspecified atom stereocenters. The van der Waals surface area contributed by atoms with Crippen molar-refractivity contribution in [2.24, 2.45) is 15.3 Å². The van der Waals surface area contributed by atoms with E-state index in [1.165, 1.54) is 6.08 Å². The molecule has 4 rings (SSSR count). The van der Waals surface area contributed by atoms with Gasteiger partial charge in [0.25, 0.3) is 5.91 Å². The standard InChI is InChI=1S/C23H22N4O4S2/c1-15(2)14-33(29,30)23-26-32-22-25-21(28)19(20(24)27(22)23)12-16-8-10-18(11-9-16)31-13-17-6-4-3-5-7-17/h3-12,15,24H,13-14H2,1-2H3/b19-12-,24-20?. The molecule has 0 aromatic heterocycles. The van der Waals surface area contributed by atoms with Crippen LogP contribution in [0.2, 0.25) is 0 Å². The van der Waals surface area contributed by atoms with Crippen molar-refractivity contribution in [1.29, 1.82) is 5.41 Å². The molecule has 1 N–H and O–H groups in total. The summed E-state index contributed by atoms with van der Waals surface area (Å²) >= 11 is 0.789. The van der Waals surface area contributed by atoms with Crippen molar-refractivity contribution in [1.82, 2.24) is 4.90 Å². The van der Waals surface area contributed by atoms with E-state index >= 15 is 0 Å². The Kier molecular flexibility index (Phi) is 6.48. The van der Waals surface area contributed by atoms with Gasteiger partial charge in [0.2, 0.25) is 20.2 Å². The molecule has 0 saturated carbocycles. The maximum absolute atomic E-state index is 12.7. The molecule has 0 atom stereocenters. The molecule has 2 aliphatic heterocycles. The van der Waals surface area contributed by atoms with Gasteiger partial charge in [0, 0.05) is 0 Å². The fraction of sp³-hybridized carbons (Fsp3) is 0.217. The van der Waals surface area contributed by atoms with Crippen molar-refractivity contribution < 1.29 is 17.9 Å². The summed E-state index contributed by atoms with van der Waals surface area (Å²) in [4.78, 5) is 17.6. The second-order valence-electron chi connectivity index (χ2n) is 7.93. The number of nitrogens with zero attached hydrogens (tertiary/aromatic N) is 3. The Hall–Kier alpha value is -3.24. The van der Waals surface area contributed by atoms with Gasteiger partial charge in [-0.25, -0.2) is 13.3 Å². The summed E-state index contributed by atoms with van der Waals surface area (Å²) in [7, 11) is -3.73. The highest BCUT2D eigenvalue weighted by Crippen LogP contribution is 2.30. The number of amides is 1. The third kappa shape index (κ3) is 5.07. The first kappa shape index (κ1) is 22.9. The second kappa shape index (κ2) is 9.32. The molecule has 10 heteroatoms. The van der Waals surface area contributed by atoms with E-state index in [9.17, 15) is 13.2 Å². The number of fused-ring (bicyclic) bond motifs is 1. The Bertz CT molecular complexity index is 1280. The zero-order valence-corrected chi connectivity index (χ0v) is 19.7. The SMILES string of the molecule is CC(C)CS(=O)(=O)C1=NSC2=NC(=O)/C(=C\c3ccc(OCc4ccccc4)cc3)C(=N)N21. The summed E-state index contributed by atoms with van der Waals surface area (Å²) < 4.78 is 35.2. The zero-order chi connectivity index (χ0) is 23.6. The number of rotatable bonds is 6. The molecule has 0 spiro atoms. The molecule has 0 saturated heterocycles. The highest BCUT2D eigenvalue weighted by Gasteiger charge is 2.42. The monoisotopic (exact) mass is 482 g/mol. The van der Waals surface area contributed by atoms with Gasteiger partial charge in [0.05, 0.1) is 23.3 Å². The minimum absolute atomic E-state index is 0.00773. The molecule has 0 aliphatic carbocycles. The lowest BCUT2D eigenvalue weighted by atomic mass is 10.1. The molecule has 2 aromatic carbocycles. The number of sulfone groups is 1. The molecular formula is C23H22N4O4S2. The number of aliphatic imine (C=N–C) groups is 1. The molecule has 2 aliphatic rings. The summed E-state index contributed by atoms with van der Waals surface area (Å²) in [6.45, 7) is 4.01. The van der Waals surface area contributed by atoms with Gasteiger partial charge in [-0.3, -0.25) is 10.2 Å². The van der Waals surface area contributed by atoms with E-state index in [2.05, 4.69) is 9.39 Å². The Balaban J connectivity index is 1.53. The maximum atomic E-state index is 12.7. The van der Waals surface area contributed by atoms with E-state index in [0.717, 1.165) is 22.4 Å². The van der Waals surface area contributed by atoms with Gasteiger partial charge in [-0.05, 0) is 35.3 Å². The molecule has 0 radical (unpaired) electrons. The molecule has 33 heavy (non-hydrogen) atoms. The van der Waals surface area contributed by atoms with E-state index in [4.69, 9.17) is 10.1 Å². The Morgan fingerprint density at radius 1 is 1.12 bits per heavy atom. The molecule has 1 amide bonds. The van der Waals surface area contributed by atoms with Crippen molar-refractivity contribution >= 4 is 49.9 Å². The largest absolute Gasteiger partial charge is 0.489 e. The lowest BCUT2D eigenvalue weighted by Crippen LogP contribution is -2.46. The maximum Gasteiger partial charge on any atom is 0.283 e. The molecule has 0 bridgehead atoms. The van der Waals surface area contributed by atoms with Gasteiger partial charge in [-0.15, -0.1) is 0 Å². The number of nitrogens with one attached hydrogen (secondary N) is 1. The van der Waals surface area contributed by atoms with Crippen LogP contribution in [0, 0.1) is 11.3 Å². The first-order chi connectivity index (χ1) is 15.7. The lowest BCUT2D eigenvalue weighted by molar-refractivity contribution is -0.114. The Labute approximate surface area is 196 Å². The molecule has 8 nitrogen and oxygen atoms in total. The van der Waals surface area contributed by atoms with E-state index in [-0.39, 0.29) is 33.4 Å². The zero-order valence-electron chi connectivity index (χ0n) is 18.1. The molecule has 170 valence electrons. The average molecular weight is 483 g/mol. The Morgan fingerprint density at radius 3 is 2.48 bits per heavy atom.